The minimum Gasteiger partial charge on any atom is -0.354 e. The van der Waals surface area contributed by atoms with E-state index >= 15 is 0 Å². The van der Waals surface area contributed by atoms with Crippen LogP contribution in [0.2, 0.25) is 0 Å². The number of rotatable bonds is 7. The number of aromatic nitrogens is 3. The van der Waals surface area contributed by atoms with Crippen molar-refractivity contribution in [3.05, 3.63) is 32.9 Å². The molecule has 1 N–H and O–H groups in total. The highest BCUT2D eigenvalue weighted by Crippen LogP contribution is 2.22. The quantitative estimate of drug-likeness (QED) is 0.765. The van der Waals surface area contributed by atoms with Crippen LogP contribution in [-0.4, -0.2) is 51.6 Å². The summed E-state index contributed by atoms with van der Waals surface area (Å²) in [5.41, 5.74) is 0. The van der Waals surface area contributed by atoms with E-state index < -0.39 is 0 Å². The molecular formula is C14H18BrN5O2S. The number of thiophene rings is 1. The molecule has 2 rings (SSSR count). The number of aryl methyl sites for hydroxylation is 1. The van der Waals surface area contributed by atoms with E-state index in [0.717, 1.165) is 16.2 Å². The highest BCUT2D eigenvalue weighted by molar-refractivity contribution is 9.11. The minimum atomic E-state index is -0.195. The predicted molar refractivity (Wildman–Crippen MR) is 91.4 cm³/mol. The monoisotopic (exact) mass is 399 g/mol. The molecule has 0 aromatic carbocycles. The Morgan fingerprint density at radius 2 is 2.22 bits per heavy atom. The highest BCUT2D eigenvalue weighted by atomic mass is 79.9. The van der Waals surface area contributed by atoms with Crippen LogP contribution in [0.3, 0.4) is 0 Å². The first-order valence-electron chi connectivity index (χ1n) is 7.15. The van der Waals surface area contributed by atoms with Crippen LogP contribution in [0.15, 0.2) is 22.2 Å². The van der Waals surface area contributed by atoms with E-state index in [1.54, 1.807) is 19.4 Å². The molecule has 124 valence electrons. The standard InChI is InChI=1S/C14H18BrN5O2S/c1-3-20-9-17-18-12(20)6-7-16-13(21)8-19(2)14(22)10-4-5-11(15)23-10/h4-5,9H,3,6-8H2,1-2H3,(H,16,21). The summed E-state index contributed by atoms with van der Waals surface area (Å²) >= 11 is 4.67. The molecule has 0 atom stereocenters. The molecule has 0 unspecified atom stereocenters. The smallest absolute Gasteiger partial charge is 0.264 e. The average Bonchev–Trinajstić information content (AvgIpc) is 3.15. The summed E-state index contributed by atoms with van der Waals surface area (Å²) in [6.45, 7) is 3.29. The van der Waals surface area contributed by atoms with Crippen LogP contribution >= 0.6 is 27.3 Å². The van der Waals surface area contributed by atoms with Crippen LogP contribution in [0.5, 0.6) is 0 Å². The summed E-state index contributed by atoms with van der Waals surface area (Å²) in [7, 11) is 1.61. The first kappa shape index (κ1) is 17.6. The summed E-state index contributed by atoms with van der Waals surface area (Å²) in [5, 5.41) is 10.6. The second kappa shape index (κ2) is 8.21. The van der Waals surface area contributed by atoms with Gasteiger partial charge in [-0.1, -0.05) is 0 Å². The Labute approximate surface area is 146 Å². The molecule has 0 aliphatic carbocycles. The van der Waals surface area contributed by atoms with Crippen molar-refractivity contribution in [1.29, 1.82) is 0 Å². The zero-order chi connectivity index (χ0) is 16.8. The van der Waals surface area contributed by atoms with Gasteiger partial charge in [0.2, 0.25) is 5.91 Å². The zero-order valence-electron chi connectivity index (χ0n) is 13.0. The van der Waals surface area contributed by atoms with E-state index in [1.165, 1.54) is 16.2 Å². The molecule has 0 fully saturated rings. The van der Waals surface area contributed by atoms with Gasteiger partial charge < -0.3 is 14.8 Å². The molecular weight excluding hydrogens is 382 g/mol. The van der Waals surface area contributed by atoms with Crippen molar-refractivity contribution in [2.75, 3.05) is 20.1 Å². The van der Waals surface area contributed by atoms with Crippen molar-refractivity contribution in [3.8, 4) is 0 Å². The Morgan fingerprint density at radius 3 is 2.87 bits per heavy atom. The highest BCUT2D eigenvalue weighted by Gasteiger charge is 2.16. The zero-order valence-corrected chi connectivity index (χ0v) is 15.4. The molecule has 0 bridgehead atoms. The van der Waals surface area contributed by atoms with Crippen molar-refractivity contribution in [1.82, 2.24) is 25.0 Å². The van der Waals surface area contributed by atoms with Gasteiger partial charge in [-0.15, -0.1) is 21.5 Å². The SMILES string of the molecule is CCn1cnnc1CCNC(=O)CN(C)C(=O)c1ccc(Br)s1. The van der Waals surface area contributed by atoms with E-state index in [-0.39, 0.29) is 18.4 Å². The third kappa shape index (κ3) is 4.87. The number of likely N-dealkylation sites (N-methyl/N-ethyl adjacent to an activating group) is 1. The molecule has 0 aliphatic heterocycles. The Hall–Kier alpha value is -1.74. The molecule has 7 nitrogen and oxygen atoms in total. The molecule has 23 heavy (non-hydrogen) atoms. The molecule has 2 heterocycles. The fourth-order valence-corrected chi connectivity index (χ4v) is 3.39. The summed E-state index contributed by atoms with van der Waals surface area (Å²) in [5.74, 6) is 0.473. The third-order valence-electron chi connectivity index (χ3n) is 3.22. The Morgan fingerprint density at radius 1 is 1.43 bits per heavy atom. The molecule has 9 heteroatoms. The molecule has 0 spiro atoms. The van der Waals surface area contributed by atoms with Gasteiger partial charge in [0, 0.05) is 26.6 Å². The number of carbonyl (C=O) groups excluding carboxylic acids is 2. The minimum absolute atomic E-state index is 0.0226. The second-order valence-electron chi connectivity index (χ2n) is 4.90. The number of hydrogen-bond donors (Lipinski definition) is 1. The second-order valence-corrected chi connectivity index (χ2v) is 7.36. The van der Waals surface area contributed by atoms with Gasteiger partial charge in [-0.3, -0.25) is 9.59 Å². The van der Waals surface area contributed by atoms with Gasteiger partial charge in [-0.05, 0) is 35.0 Å². The number of carbonyl (C=O) groups is 2. The van der Waals surface area contributed by atoms with Gasteiger partial charge >= 0.3 is 0 Å². The van der Waals surface area contributed by atoms with Crippen molar-refractivity contribution in [2.45, 2.75) is 19.9 Å². The number of hydrogen-bond acceptors (Lipinski definition) is 5. The lowest BCUT2D eigenvalue weighted by Gasteiger charge is -2.15. The lowest BCUT2D eigenvalue weighted by Crippen LogP contribution is -2.38. The lowest BCUT2D eigenvalue weighted by atomic mass is 10.3. The van der Waals surface area contributed by atoms with Crippen molar-refractivity contribution in [3.63, 3.8) is 0 Å². The maximum atomic E-state index is 12.2. The number of nitrogens with zero attached hydrogens (tertiary/aromatic N) is 4. The first-order chi connectivity index (χ1) is 11.0. The van der Waals surface area contributed by atoms with Gasteiger partial charge in [0.25, 0.3) is 5.91 Å². The Bertz CT molecular complexity index is 684. The van der Waals surface area contributed by atoms with E-state index in [1.807, 2.05) is 17.6 Å². The normalized spacial score (nSPS) is 10.6. The van der Waals surface area contributed by atoms with Crippen molar-refractivity contribution in [2.24, 2.45) is 0 Å². The Kier molecular flexibility index (Phi) is 6.28. The average molecular weight is 400 g/mol. The van der Waals surface area contributed by atoms with E-state index in [4.69, 9.17) is 0 Å². The molecule has 2 aromatic rings. The maximum Gasteiger partial charge on any atom is 0.264 e. The molecule has 0 radical (unpaired) electrons. The van der Waals surface area contributed by atoms with Crippen LogP contribution in [0, 0.1) is 0 Å². The summed E-state index contributed by atoms with van der Waals surface area (Å²) in [4.78, 5) is 26.1. The summed E-state index contributed by atoms with van der Waals surface area (Å²) in [6.07, 6.45) is 2.28. The summed E-state index contributed by atoms with van der Waals surface area (Å²) in [6, 6.07) is 3.55. The maximum absolute atomic E-state index is 12.2. The first-order valence-corrected chi connectivity index (χ1v) is 8.76. The molecule has 2 amide bonds. The third-order valence-corrected chi connectivity index (χ3v) is 4.83. The topological polar surface area (TPSA) is 80.1 Å². The fourth-order valence-electron chi connectivity index (χ4n) is 2.01. The number of nitrogens with one attached hydrogen (secondary N) is 1. The van der Waals surface area contributed by atoms with E-state index in [2.05, 4.69) is 31.4 Å². The molecule has 0 saturated heterocycles. The van der Waals surface area contributed by atoms with Gasteiger partial charge in [-0.2, -0.15) is 0 Å². The van der Waals surface area contributed by atoms with Crippen LogP contribution in [0.4, 0.5) is 0 Å². The van der Waals surface area contributed by atoms with Crippen molar-refractivity contribution >= 4 is 39.1 Å². The molecule has 0 saturated carbocycles. The van der Waals surface area contributed by atoms with E-state index in [9.17, 15) is 9.59 Å². The lowest BCUT2D eigenvalue weighted by molar-refractivity contribution is -0.121. The van der Waals surface area contributed by atoms with Crippen LogP contribution in [-0.2, 0) is 17.8 Å². The van der Waals surface area contributed by atoms with E-state index in [0.29, 0.717) is 17.8 Å². The largest absolute Gasteiger partial charge is 0.354 e. The fraction of sp³-hybridized carbons (Fsp3) is 0.429. The molecule has 0 aliphatic rings. The van der Waals surface area contributed by atoms with Crippen LogP contribution < -0.4 is 5.32 Å². The number of halogens is 1. The molecule has 2 aromatic heterocycles. The van der Waals surface area contributed by atoms with Crippen molar-refractivity contribution < 1.29 is 9.59 Å². The van der Waals surface area contributed by atoms with Crippen LogP contribution in [0.25, 0.3) is 0 Å². The Balaban J connectivity index is 1.77. The van der Waals surface area contributed by atoms with Gasteiger partial charge in [0.1, 0.15) is 12.2 Å². The predicted octanol–water partition coefficient (Wildman–Crippen LogP) is 1.55. The van der Waals surface area contributed by atoms with Crippen LogP contribution in [0.1, 0.15) is 22.4 Å². The van der Waals surface area contributed by atoms with Gasteiger partial charge in [0.05, 0.1) is 15.2 Å². The summed E-state index contributed by atoms with van der Waals surface area (Å²) < 4.78 is 2.81. The number of amides is 2. The van der Waals surface area contributed by atoms with Gasteiger partial charge in [0.15, 0.2) is 0 Å². The van der Waals surface area contributed by atoms with Gasteiger partial charge in [-0.25, -0.2) is 0 Å².